The minimum absolute atomic E-state index is 0.00845. The summed E-state index contributed by atoms with van der Waals surface area (Å²) in [5, 5.41) is 10.6. The lowest BCUT2D eigenvalue weighted by Gasteiger charge is -2.03. The van der Waals surface area contributed by atoms with Crippen LogP contribution in [-0.2, 0) is 6.42 Å². The quantitative estimate of drug-likeness (QED) is 0.364. The highest BCUT2D eigenvalue weighted by Crippen LogP contribution is 2.17. The van der Waals surface area contributed by atoms with Crippen LogP contribution in [-0.4, -0.2) is 17.0 Å². The Labute approximate surface area is 121 Å². The Morgan fingerprint density at radius 1 is 1.10 bits per heavy atom. The number of ketones is 1. The molecule has 0 aliphatic rings. The van der Waals surface area contributed by atoms with Gasteiger partial charge in [0.05, 0.1) is 4.92 Å². The molecule has 20 heavy (non-hydrogen) atoms. The van der Waals surface area contributed by atoms with Gasteiger partial charge in [0.2, 0.25) is 0 Å². The van der Waals surface area contributed by atoms with Crippen LogP contribution in [0, 0.1) is 10.1 Å². The summed E-state index contributed by atoms with van der Waals surface area (Å²) in [4.78, 5) is 23.3. The standard InChI is InChI=1S/C15H13NO3S/c1-20-14-8-2-11(3-9-14)10-15(17)12-4-6-13(7-5-12)16(18)19/h2-9H,10H2,1H3. The fourth-order valence-corrected chi connectivity index (χ4v) is 2.21. The summed E-state index contributed by atoms with van der Waals surface area (Å²) in [6, 6.07) is 13.5. The van der Waals surface area contributed by atoms with Gasteiger partial charge in [-0.15, -0.1) is 11.8 Å². The molecule has 2 aromatic rings. The van der Waals surface area contributed by atoms with Gasteiger partial charge < -0.3 is 0 Å². The second kappa shape index (κ2) is 6.34. The van der Waals surface area contributed by atoms with Crippen LogP contribution < -0.4 is 0 Å². The molecular formula is C15H13NO3S. The number of rotatable bonds is 5. The fraction of sp³-hybridized carbons (Fsp3) is 0.133. The van der Waals surface area contributed by atoms with Gasteiger partial charge in [-0.1, -0.05) is 12.1 Å². The zero-order valence-corrected chi connectivity index (χ0v) is 11.7. The van der Waals surface area contributed by atoms with Gasteiger partial charge >= 0.3 is 0 Å². The van der Waals surface area contributed by atoms with Crippen molar-refractivity contribution in [3.05, 3.63) is 69.8 Å². The number of carbonyl (C=O) groups excluding carboxylic acids is 1. The molecule has 0 aliphatic carbocycles. The van der Waals surface area contributed by atoms with Crippen molar-refractivity contribution in [2.45, 2.75) is 11.3 Å². The van der Waals surface area contributed by atoms with E-state index in [2.05, 4.69) is 0 Å². The normalized spacial score (nSPS) is 10.2. The van der Waals surface area contributed by atoms with E-state index in [1.54, 1.807) is 11.8 Å². The van der Waals surface area contributed by atoms with Crippen molar-refractivity contribution in [2.75, 3.05) is 6.26 Å². The van der Waals surface area contributed by atoms with Gasteiger partial charge in [-0.25, -0.2) is 0 Å². The molecule has 0 amide bonds. The van der Waals surface area contributed by atoms with Crippen LogP contribution in [0.15, 0.2) is 53.4 Å². The van der Waals surface area contributed by atoms with E-state index in [0.717, 1.165) is 10.5 Å². The van der Waals surface area contributed by atoms with E-state index in [0.29, 0.717) is 12.0 Å². The van der Waals surface area contributed by atoms with Crippen molar-refractivity contribution in [3.63, 3.8) is 0 Å². The molecule has 102 valence electrons. The van der Waals surface area contributed by atoms with Crippen LogP contribution >= 0.6 is 11.8 Å². The summed E-state index contributed by atoms with van der Waals surface area (Å²) in [5.41, 5.74) is 1.42. The van der Waals surface area contributed by atoms with E-state index in [-0.39, 0.29) is 11.5 Å². The maximum absolute atomic E-state index is 12.1. The Bertz CT molecular complexity index is 621. The van der Waals surface area contributed by atoms with Gasteiger partial charge in [-0.05, 0) is 36.1 Å². The number of hydrogen-bond donors (Lipinski definition) is 0. The molecule has 0 fully saturated rings. The fourth-order valence-electron chi connectivity index (χ4n) is 1.80. The second-order valence-corrected chi connectivity index (χ2v) is 5.13. The highest BCUT2D eigenvalue weighted by molar-refractivity contribution is 7.98. The molecule has 0 aromatic heterocycles. The predicted molar refractivity (Wildman–Crippen MR) is 79.4 cm³/mol. The summed E-state index contributed by atoms with van der Waals surface area (Å²) in [5.74, 6) is -0.0446. The Morgan fingerprint density at radius 2 is 1.70 bits per heavy atom. The number of hydrogen-bond acceptors (Lipinski definition) is 4. The largest absolute Gasteiger partial charge is 0.294 e. The van der Waals surface area contributed by atoms with Crippen molar-refractivity contribution < 1.29 is 9.72 Å². The van der Waals surface area contributed by atoms with Crippen LogP contribution in [0.5, 0.6) is 0 Å². The van der Waals surface area contributed by atoms with Crippen LogP contribution in [0.1, 0.15) is 15.9 Å². The number of benzene rings is 2. The molecule has 0 aliphatic heterocycles. The molecule has 0 saturated heterocycles. The maximum Gasteiger partial charge on any atom is 0.269 e. The molecule has 2 rings (SSSR count). The lowest BCUT2D eigenvalue weighted by atomic mass is 10.0. The average molecular weight is 287 g/mol. The molecular weight excluding hydrogens is 274 g/mol. The summed E-state index contributed by atoms with van der Waals surface area (Å²) < 4.78 is 0. The third-order valence-electron chi connectivity index (χ3n) is 2.92. The number of nitrogens with zero attached hydrogens (tertiary/aromatic N) is 1. The van der Waals surface area contributed by atoms with E-state index in [1.807, 2.05) is 30.5 Å². The molecule has 0 atom stereocenters. The number of nitro benzene ring substituents is 1. The van der Waals surface area contributed by atoms with Gasteiger partial charge in [0.25, 0.3) is 5.69 Å². The number of Topliss-reactive ketones (excluding diaryl/α,β-unsaturated/α-hetero) is 1. The van der Waals surface area contributed by atoms with E-state index >= 15 is 0 Å². The average Bonchev–Trinajstić information content (AvgIpc) is 2.48. The predicted octanol–water partition coefficient (Wildman–Crippen LogP) is 3.74. The first-order valence-electron chi connectivity index (χ1n) is 6.01. The monoisotopic (exact) mass is 287 g/mol. The summed E-state index contributed by atoms with van der Waals surface area (Å²) in [6.07, 6.45) is 2.30. The van der Waals surface area contributed by atoms with Crippen molar-refractivity contribution in [1.82, 2.24) is 0 Å². The molecule has 0 radical (unpaired) electrons. The number of non-ortho nitro benzene ring substituents is 1. The third-order valence-corrected chi connectivity index (χ3v) is 3.67. The van der Waals surface area contributed by atoms with E-state index in [4.69, 9.17) is 0 Å². The van der Waals surface area contributed by atoms with Crippen molar-refractivity contribution in [2.24, 2.45) is 0 Å². The van der Waals surface area contributed by atoms with Crippen LogP contribution in [0.2, 0.25) is 0 Å². The van der Waals surface area contributed by atoms with Gasteiger partial charge in [0.15, 0.2) is 5.78 Å². The smallest absolute Gasteiger partial charge is 0.269 e. The maximum atomic E-state index is 12.1. The Balaban J connectivity index is 2.08. The van der Waals surface area contributed by atoms with Crippen LogP contribution in [0.4, 0.5) is 5.69 Å². The topological polar surface area (TPSA) is 60.2 Å². The highest BCUT2D eigenvalue weighted by atomic mass is 32.2. The zero-order valence-electron chi connectivity index (χ0n) is 10.9. The molecule has 0 heterocycles. The summed E-state index contributed by atoms with van der Waals surface area (Å²) >= 11 is 1.65. The molecule has 0 saturated carbocycles. The van der Waals surface area contributed by atoms with Gasteiger partial charge in [0, 0.05) is 29.0 Å². The molecule has 4 nitrogen and oxygen atoms in total. The first kappa shape index (κ1) is 14.3. The highest BCUT2D eigenvalue weighted by Gasteiger charge is 2.10. The first-order chi connectivity index (χ1) is 9.60. The van der Waals surface area contributed by atoms with E-state index in [9.17, 15) is 14.9 Å². The number of nitro groups is 1. The minimum Gasteiger partial charge on any atom is -0.294 e. The molecule has 0 bridgehead atoms. The van der Waals surface area contributed by atoms with Gasteiger partial charge in [0.1, 0.15) is 0 Å². The molecule has 0 spiro atoms. The Hall–Kier alpha value is -2.14. The van der Waals surface area contributed by atoms with Crippen LogP contribution in [0.3, 0.4) is 0 Å². The SMILES string of the molecule is CSc1ccc(CC(=O)c2ccc([N+](=O)[O-])cc2)cc1. The lowest BCUT2D eigenvalue weighted by Crippen LogP contribution is -2.03. The summed E-state index contributed by atoms with van der Waals surface area (Å²) in [7, 11) is 0. The van der Waals surface area contributed by atoms with E-state index < -0.39 is 4.92 Å². The third kappa shape index (κ3) is 3.45. The van der Waals surface area contributed by atoms with E-state index in [1.165, 1.54) is 24.3 Å². The van der Waals surface area contributed by atoms with Crippen molar-refractivity contribution in [3.8, 4) is 0 Å². The summed E-state index contributed by atoms with van der Waals surface area (Å²) in [6.45, 7) is 0. The number of thioether (sulfide) groups is 1. The van der Waals surface area contributed by atoms with Gasteiger partial charge in [-0.2, -0.15) is 0 Å². The van der Waals surface area contributed by atoms with Gasteiger partial charge in [-0.3, -0.25) is 14.9 Å². The van der Waals surface area contributed by atoms with Crippen molar-refractivity contribution >= 4 is 23.2 Å². The van der Waals surface area contributed by atoms with Crippen molar-refractivity contribution in [1.29, 1.82) is 0 Å². The molecule has 2 aromatic carbocycles. The lowest BCUT2D eigenvalue weighted by molar-refractivity contribution is -0.384. The van der Waals surface area contributed by atoms with Crippen LogP contribution in [0.25, 0.3) is 0 Å². The number of carbonyl (C=O) groups is 1. The molecule has 0 unspecified atom stereocenters. The Morgan fingerprint density at radius 3 is 2.20 bits per heavy atom. The second-order valence-electron chi connectivity index (χ2n) is 4.25. The molecule has 0 N–H and O–H groups in total. The molecule has 5 heteroatoms. The minimum atomic E-state index is -0.477. The Kier molecular flexibility index (Phi) is 4.53. The first-order valence-corrected chi connectivity index (χ1v) is 7.23. The zero-order chi connectivity index (χ0) is 14.5.